The van der Waals surface area contributed by atoms with Gasteiger partial charge in [-0.05, 0) is 18.6 Å². The molecule has 0 spiro atoms. The first-order chi connectivity index (χ1) is 10.7. The normalized spacial score (nSPS) is 19.6. The van der Waals surface area contributed by atoms with Gasteiger partial charge < -0.3 is 4.90 Å². The standard InChI is InChI=1S/C14H11F6N3/c15-13(16,17)8-3-6-23(7-8)10-2-1-9(14(18,19)20)11-12(10)22-5-4-21-11/h1-2,4-5,8H,3,6-7H2. The lowest BCUT2D eigenvalue weighted by Crippen LogP contribution is -2.27. The highest BCUT2D eigenvalue weighted by Gasteiger charge is 2.44. The average Bonchev–Trinajstić information content (AvgIpc) is 2.94. The highest BCUT2D eigenvalue weighted by molar-refractivity contribution is 5.90. The molecule has 1 aromatic heterocycles. The molecule has 124 valence electrons. The summed E-state index contributed by atoms with van der Waals surface area (Å²) >= 11 is 0. The number of hydrogen-bond donors (Lipinski definition) is 0. The Morgan fingerprint density at radius 3 is 2.17 bits per heavy atom. The van der Waals surface area contributed by atoms with Crippen molar-refractivity contribution in [1.29, 1.82) is 0 Å². The van der Waals surface area contributed by atoms with E-state index in [1.54, 1.807) is 0 Å². The molecule has 2 aromatic rings. The molecule has 1 aromatic carbocycles. The Kier molecular flexibility index (Phi) is 3.61. The summed E-state index contributed by atoms with van der Waals surface area (Å²) in [4.78, 5) is 9.03. The number of fused-ring (bicyclic) bond motifs is 1. The van der Waals surface area contributed by atoms with Crippen molar-refractivity contribution in [3.05, 3.63) is 30.1 Å². The third-order valence-corrected chi connectivity index (χ3v) is 3.90. The van der Waals surface area contributed by atoms with Crippen molar-refractivity contribution in [2.45, 2.75) is 18.8 Å². The first kappa shape index (κ1) is 15.8. The van der Waals surface area contributed by atoms with Gasteiger partial charge in [-0.2, -0.15) is 26.3 Å². The van der Waals surface area contributed by atoms with Crippen LogP contribution in [0.4, 0.5) is 32.0 Å². The molecule has 9 heteroatoms. The van der Waals surface area contributed by atoms with Gasteiger partial charge in [0.25, 0.3) is 0 Å². The van der Waals surface area contributed by atoms with E-state index in [1.165, 1.54) is 17.2 Å². The van der Waals surface area contributed by atoms with Gasteiger partial charge in [0, 0.05) is 25.5 Å². The van der Waals surface area contributed by atoms with Crippen LogP contribution < -0.4 is 4.90 Å². The maximum absolute atomic E-state index is 13.0. The molecule has 1 aliphatic heterocycles. The topological polar surface area (TPSA) is 29.0 Å². The summed E-state index contributed by atoms with van der Waals surface area (Å²) in [7, 11) is 0. The number of alkyl halides is 6. The van der Waals surface area contributed by atoms with Crippen molar-refractivity contribution in [3.63, 3.8) is 0 Å². The second kappa shape index (κ2) is 5.24. The van der Waals surface area contributed by atoms with E-state index in [0.29, 0.717) is 0 Å². The van der Waals surface area contributed by atoms with Gasteiger partial charge in [0.05, 0.1) is 17.2 Å². The molecule has 1 saturated heterocycles. The van der Waals surface area contributed by atoms with Crippen LogP contribution in [0.25, 0.3) is 11.0 Å². The number of nitrogens with zero attached hydrogens (tertiary/aromatic N) is 3. The Bertz CT molecular complexity index is 725. The number of benzene rings is 1. The van der Waals surface area contributed by atoms with E-state index in [9.17, 15) is 26.3 Å². The largest absolute Gasteiger partial charge is 0.418 e. The summed E-state index contributed by atoms with van der Waals surface area (Å²) in [5.74, 6) is -1.49. The Hall–Kier alpha value is -2.06. The summed E-state index contributed by atoms with van der Waals surface area (Å²) < 4.78 is 77.4. The molecule has 0 amide bonds. The van der Waals surface area contributed by atoms with Gasteiger partial charge in [0.1, 0.15) is 11.0 Å². The van der Waals surface area contributed by atoms with Crippen molar-refractivity contribution in [2.24, 2.45) is 5.92 Å². The highest BCUT2D eigenvalue weighted by Crippen LogP contribution is 2.40. The van der Waals surface area contributed by atoms with E-state index >= 15 is 0 Å². The lowest BCUT2D eigenvalue weighted by Gasteiger charge is -2.22. The van der Waals surface area contributed by atoms with E-state index in [-0.39, 0.29) is 36.2 Å². The van der Waals surface area contributed by atoms with Crippen LogP contribution in [0.1, 0.15) is 12.0 Å². The van der Waals surface area contributed by atoms with Crippen LogP contribution in [0.3, 0.4) is 0 Å². The van der Waals surface area contributed by atoms with Crippen LogP contribution in [0, 0.1) is 5.92 Å². The van der Waals surface area contributed by atoms with Crippen LogP contribution in [-0.2, 0) is 6.18 Å². The fraction of sp³-hybridized carbons (Fsp3) is 0.429. The van der Waals surface area contributed by atoms with E-state index < -0.39 is 23.8 Å². The van der Waals surface area contributed by atoms with Crippen LogP contribution in [0.5, 0.6) is 0 Å². The van der Waals surface area contributed by atoms with Crippen LogP contribution >= 0.6 is 0 Å². The molecule has 0 N–H and O–H groups in total. The summed E-state index contributed by atoms with van der Waals surface area (Å²) in [5.41, 5.74) is -1.10. The molecule has 0 aliphatic carbocycles. The van der Waals surface area contributed by atoms with Gasteiger partial charge in [-0.1, -0.05) is 0 Å². The molecule has 1 aliphatic rings. The van der Waals surface area contributed by atoms with E-state index in [0.717, 1.165) is 12.3 Å². The first-order valence-electron chi connectivity index (χ1n) is 6.80. The van der Waals surface area contributed by atoms with E-state index in [4.69, 9.17) is 0 Å². The van der Waals surface area contributed by atoms with Gasteiger partial charge in [-0.25, -0.2) is 0 Å². The lowest BCUT2D eigenvalue weighted by molar-refractivity contribution is -0.168. The molecule has 3 rings (SSSR count). The van der Waals surface area contributed by atoms with Crippen molar-refractivity contribution < 1.29 is 26.3 Å². The Morgan fingerprint density at radius 2 is 1.61 bits per heavy atom. The zero-order chi connectivity index (χ0) is 16.8. The second-order valence-corrected chi connectivity index (χ2v) is 5.36. The van der Waals surface area contributed by atoms with Crippen LogP contribution in [-0.4, -0.2) is 29.2 Å². The maximum atomic E-state index is 13.0. The third kappa shape index (κ3) is 2.91. The molecule has 3 nitrogen and oxygen atoms in total. The van der Waals surface area contributed by atoms with Gasteiger partial charge >= 0.3 is 12.4 Å². The molecular formula is C14H11F6N3. The fourth-order valence-corrected chi connectivity index (χ4v) is 2.77. The fourth-order valence-electron chi connectivity index (χ4n) is 2.77. The molecule has 0 radical (unpaired) electrons. The summed E-state index contributed by atoms with van der Waals surface area (Å²) in [6, 6.07) is 2.01. The van der Waals surface area contributed by atoms with Gasteiger partial charge in [-0.15, -0.1) is 0 Å². The van der Waals surface area contributed by atoms with E-state index in [1.807, 2.05) is 0 Å². The number of aromatic nitrogens is 2. The summed E-state index contributed by atoms with van der Waals surface area (Å²) in [6.45, 7) is -0.179. The van der Waals surface area contributed by atoms with Crippen molar-refractivity contribution in [3.8, 4) is 0 Å². The lowest BCUT2D eigenvalue weighted by atomic mass is 10.1. The number of rotatable bonds is 1. The van der Waals surface area contributed by atoms with Gasteiger partial charge in [-0.3, -0.25) is 9.97 Å². The maximum Gasteiger partial charge on any atom is 0.418 e. The Morgan fingerprint density at radius 1 is 0.957 bits per heavy atom. The minimum Gasteiger partial charge on any atom is -0.369 e. The van der Waals surface area contributed by atoms with Gasteiger partial charge in [0.2, 0.25) is 0 Å². The number of halogens is 6. The number of hydrogen-bond acceptors (Lipinski definition) is 3. The molecule has 0 saturated carbocycles. The highest BCUT2D eigenvalue weighted by atomic mass is 19.4. The van der Waals surface area contributed by atoms with Crippen LogP contribution in [0.2, 0.25) is 0 Å². The molecule has 23 heavy (non-hydrogen) atoms. The second-order valence-electron chi connectivity index (χ2n) is 5.36. The average molecular weight is 335 g/mol. The Balaban J connectivity index is 2.04. The summed E-state index contributed by atoms with van der Waals surface area (Å²) in [5, 5.41) is 0. The Labute approximate surface area is 126 Å². The predicted octanol–water partition coefficient (Wildman–Crippen LogP) is 4.04. The summed E-state index contributed by atoms with van der Waals surface area (Å²) in [6.07, 6.45) is -6.66. The third-order valence-electron chi connectivity index (χ3n) is 3.90. The monoisotopic (exact) mass is 335 g/mol. The zero-order valence-electron chi connectivity index (χ0n) is 11.6. The van der Waals surface area contributed by atoms with Crippen molar-refractivity contribution in [1.82, 2.24) is 9.97 Å². The molecule has 2 heterocycles. The molecule has 1 fully saturated rings. The van der Waals surface area contributed by atoms with Crippen molar-refractivity contribution >= 4 is 16.7 Å². The predicted molar refractivity (Wildman–Crippen MR) is 70.9 cm³/mol. The van der Waals surface area contributed by atoms with E-state index in [2.05, 4.69) is 9.97 Å². The molecule has 0 bridgehead atoms. The molecule has 1 atom stereocenters. The quantitative estimate of drug-likeness (QED) is 0.737. The molecular weight excluding hydrogens is 324 g/mol. The SMILES string of the molecule is FC(F)(F)c1ccc(N2CCC(C(F)(F)F)C2)c2nccnc12. The minimum atomic E-state index is -4.60. The first-order valence-corrected chi connectivity index (χ1v) is 6.80. The van der Waals surface area contributed by atoms with Gasteiger partial charge in [0.15, 0.2) is 0 Å². The molecule has 1 unspecified atom stereocenters. The smallest absolute Gasteiger partial charge is 0.369 e. The van der Waals surface area contributed by atoms with Crippen LogP contribution in [0.15, 0.2) is 24.5 Å². The minimum absolute atomic E-state index is 0.0369. The zero-order valence-corrected chi connectivity index (χ0v) is 11.6. The number of anilines is 1. The van der Waals surface area contributed by atoms with Crippen molar-refractivity contribution in [2.75, 3.05) is 18.0 Å².